The SMILES string of the molecule is CCN(C)C(=O)c1cnc(-c2cccnc2)s1. The lowest BCUT2D eigenvalue weighted by Gasteiger charge is -2.11. The summed E-state index contributed by atoms with van der Waals surface area (Å²) in [6, 6.07) is 3.79. The highest BCUT2D eigenvalue weighted by molar-refractivity contribution is 7.16. The van der Waals surface area contributed by atoms with Gasteiger partial charge in [0, 0.05) is 31.5 Å². The van der Waals surface area contributed by atoms with Crippen LogP contribution in [-0.4, -0.2) is 34.4 Å². The van der Waals surface area contributed by atoms with E-state index in [1.54, 1.807) is 30.5 Å². The van der Waals surface area contributed by atoms with E-state index in [0.717, 1.165) is 10.6 Å². The van der Waals surface area contributed by atoms with Crippen LogP contribution in [0.15, 0.2) is 30.7 Å². The van der Waals surface area contributed by atoms with Gasteiger partial charge in [-0.15, -0.1) is 11.3 Å². The maximum Gasteiger partial charge on any atom is 0.265 e. The third kappa shape index (κ3) is 2.50. The van der Waals surface area contributed by atoms with E-state index < -0.39 is 0 Å². The second-order valence-corrected chi connectivity index (χ2v) is 4.62. The summed E-state index contributed by atoms with van der Waals surface area (Å²) in [5.41, 5.74) is 0.940. The zero-order valence-electron chi connectivity index (χ0n) is 9.75. The van der Waals surface area contributed by atoms with Gasteiger partial charge in [0.2, 0.25) is 0 Å². The van der Waals surface area contributed by atoms with Gasteiger partial charge in [0.15, 0.2) is 0 Å². The van der Waals surface area contributed by atoms with Crippen LogP contribution in [0.3, 0.4) is 0 Å². The molecule has 4 nitrogen and oxygen atoms in total. The van der Waals surface area contributed by atoms with E-state index >= 15 is 0 Å². The Morgan fingerprint density at radius 3 is 2.94 bits per heavy atom. The van der Waals surface area contributed by atoms with E-state index in [2.05, 4.69) is 9.97 Å². The Morgan fingerprint density at radius 2 is 2.29 bits per heavy atom. The summed E-state index contributed by atoms with van der Waals surface area (Å²) in [6.45, 7) is 2.64. The fourth-order valence-corrected chi connectivity index (χ4v) is 2.23. The molecule has 1 amide bonds. The van der Waals surface area contributed by atoms with Crippen LogP contribution in [0.5, 0.6) is 0 Å². The molecule has 0 radical (unpaired) electrons. The molecule has 0 saturated heterocycles. The van der Waals surface area contributed by atoms with Crippen molar-refractivity contribution in [3.63, 3.8) is 0 Å². The van der Waals surface area contributed by atoms with Gasteiger partial charge in [-0.05, 0) is 19.1 Å². The van der Waals surface area contributed by atoms with Gasteiger partial charge >= 0.3 is 0 Å². The van der Waals surface area contributed by atoms with Crippen LogP contribution < -0.4 is 0 Å². The van der Waals surface area contributed by atoms with Crippen molar-refractivity contribution in [2.24, 2.45) is 0 Å². The van der Waals surface area contributed by atoms with Crippen LogP contribution in [0.2, 0.25) is 0 Å². The fraction of sp³-hybridized carbons (Fsp3) is 0.250. The van der Waals surface area contributed by atoms with Crippen molar-refractivity contribution in [3.8, 4) is 10.6 Å². The molecule has 0 bridgehead atoms. The zero-order valence-corrected chi connectivity index (χ0v) is 10.6. The molecular formula is C12H13N3OS. The molecule has 0 N–H and O–H groups in total. The molecule has 0 atom stereocenters. The lowest BCUT2D eigenvalue weighted by Crippen LogP contribution is -2.25. The monoisotopic (exact) mass is 247 g/mol. The molecule has 0 aromatic carbocycles. The first-order valence-electron chi connectivity index (χ1n) is 5.34. The van der Waals surface area contributed by atoms with Gasteiger partial charge in [0.1, 0.15) is 9.88 Å². The molecule has 2 aromatic rings. The van der Waals surface area contributed by atoms with Crippen molar-refractivity contribution in [3.05, 3.63) is 35.6 Å². The first kappa shape index (κ1) is 11.7. The number of amides is 1. The topological polar surface area (TPSA) is 46.1 Å². The molecule has 0 spiro atoms. The highest BCUT2D eigenvalue weighted by Gasteiger charge is 2.14. The summed E-state index contributed by atoms with van der Waals surface area (Å²) in [5, 5.41) is 0.825. The molecule has 0 aliphatic heterocycles. The molecule has 5 heteroatoms. The molecule has 0 aliphatic rings. The van der Waals surface area contributed by atoms with Crippen molar-refractivity contribution in [2.75, 3.05) is 13.6 Å². The number of thiazole rings is 1. The number of nitrogens with zero attached hydrogens (tertiary/aromatic N) is 3. The van der Waals surface area contributed by atoms with Crippen LogP contribution >= 0.6 is 11.3 Å². The molecule has 0 fully saturated rings. The van der Waals surface area contributed by atoms with Gasteiger partial charge < -0.3 is 4.90 Å². The van der Waals surface area contributed by atoms with Gasteiger partial charge in [0.25, 0.3) is 5.91 Å². The van der Waals surface area contributed by atoms with E-state index in [0.29, 0.717) is 11.4 Å². The van der Waals surface area contributed by atoms with E-state index in [-0.39, 0.29) is 5.91 Å². The number of carbonyl (C=O) groups excluding carboxylic acids is 1. The molecule has 0 aliphatic carbocycles. The minimum absolute atomic E-state index is 0.0140. The molecule has 2 rings (SSSR count). The van der Waals surface area contributed by atoms with Gasteiger partial charge in [-0.1, -0.05) is 0 Å². The first-order chi connectivity index (χ1) is 8.22. The highest BCUT2D eigenvalue weighted by atomic mass is 32.1. The highest BCUT2D eigenvalue weighted by Crippen LogP contribution is 2.24. The number of pyridine rings is 1. The average molecular weight is 247 g/mol. The minimum Gasteiger partial charge on any atom is -0.341 e. The number of hydrogen-bond acceptors (Lipinski definition) is 4. The Hall–Kier alpha value is -1.75. The van der Waals surface area contributed by atoms with Crippen LogP contribution in [-0.2, 0) is 0 Å². The largest absolute Gasteiger partial charge is 0.341 e. The summed E-state index contributed by atoms with van der Waals surface area (Å²) < 4.78 is 0. The van der Waals surface area contributed by atoms with Crippen LogP contribution in [0.1, 0.15) is 16.6 Å². The third-order valence-electron chi connectivity index (χ3n) is 2.45. The smallest absolute Gasteiger partial charge is 0.265 e. The predicted octanol–water partition coefficient (Wildman–Crippen LogP) is 2.30. The van der Waals surface area contributed by atoms with Crippen molar-refractivity contribution in [1.82, 2.24) is 14.9 Å². The molecule has 17 heavy (non-hydrogen) atoms. The Balaban J connectivity index is 2.25. The summed E-state index contributed by atoms with van der Waals surface area (Å²) in [7, 11) is 1.78. The third-order valence-corrected chi connectivity index (χ3v) is 3.48. The second-order valence-electron chi connectivity index (χ2n) is 3.59. The quantitative estimate of drug-likeness (QED) is 0.836. The number of rotatable bonds is 3. The molecule has 0 unspecified atom stereocenters. The Morgan fingerprint density at radius 1 is 1.47 bits per heavy atom. The van der Waals surface area contributed by atoms with E-state index in [4.69, 9.17) is 0 Å². The van der Waals surface area contributed by atoms with Crippen LogP contribution in [0.25, 0.3) is 10.6 Å². The summed E-state index contributed by atoms with van der Waals surface area (Å²) in [4.78, 5) is 22.5. The van der Waals surface area contributed by atoms with E-state index in [9.17, 15) is 4.79 Å². The van der Waals surface area contributed by atoms with Crippen molar-refractivity contribution in [2.45, 2.75) is 6.92 Å². The molecule has 0 saturated carbocycles. The van der Waals surface area contributed by atoms with Crippen molar-refractivity contribution >= 4 is 17.2 Å². The number of hydrogen-bond donors (Lipinski definition) is 0. The van der Waals surface area contributed by atoms with Gasteiger partial charge in [0.05, 0.1) is 6.20 Å². The second kappa shape index (κ2) is 5.05. The molecule has 2 aromatic heterocycles. The number of aromatic nitrogens is 2. The predicted molar refractivity (Wildman–Crippen MR) is 68.0 cm³/mol. The summed E-state index contributed by atoms with van der Waals surface area (Å²) >= 11 is 1.40. The number of carbonyl (C=O) groups is 1. The maximum atomic E-state index is 11.9. The van der Waals surface area contributed by atoms with Crippen LogP contribution in [0.4, 0.5) is 0 Å². The lowest BCUT2D eigenvalue weighted by molar-refractivity contribution is 0.0807. The Bertz CT molecular complexity index is 509. The molecular weight excluding hydrogens is 234 g/mol. The van der Waals surface area contributed by atoms with Crippen molar-refractivity contribution < 1.29 is 4.79 Å². The van der Waals surface area contributed by atoms with E-state index in [1.807, 2.05) is 19.1 Å². The van der Waals surface area contributed by atoms with Gasteiger partial charge in [-0.3, -0.25) is 9.78 Å². The Labute approximate surface area is 104 Å². The van der Waals surface area contributed by atoms with Gasteiger partial charge in [-0.25, -0.2) is 4.98 Å². The minimum atomic E-state index is 0.0140. The average Bonchev–Trinajstić information content (AvgIpc) is 2.87. The van der Waals surface area contributed by atoms with Crippen molar-refractivity contribution in [1.29, 1.82) is 0 Å². The zero-order chi connectivity index (χ0) is 12.3. The molecule has 88 valence electrons. The summed E-state index contributed by atoms with van der Waals surface area (Å²) in [5.74, 6) is 0.0140. The Kier molecular flexibility index (Phi) is 3.49. The van der Waals surface area contributed by atoms with E-state index in [1.165, 1.54) is 11.3 Å². The maximum absolute atomic E-state index is 11.9. The normalized spacial score (nSPS) is 10.2. The standard InChI is InChI=1S/C12H13N3OS/c1-3-15(2)12(16)10-8-14-11(17-10)9-5-4-6-13-7-9/h4-8H,3H2,1-2H3. The fourth-order valence-electron chi connectivity index (χ4n) is 1.33. The lowest BCUT2D eigenvalue weighted by atomic mass is 10.3. The molecule has 2 heterocycles. The summed E-state index contributed by atoms with van der Waals surface area (Å²) in [6.07, 6.45) is 5.09. The van der Waals surface area contributed by atoms with Crippen LogP contribution in [0, 0.1) is 0 Å². The van der Waals surface area contributed by atoms with Gasteiger partial charge in [-0.2, -0.15) is 0 Å². The first-order valence-corrected chi connectivity index (χ1v) is 6.15.